The summed E-state index contributed by atoms with van der Waals surface area (Å²) >= 11 is 0. The molecule has 1 aliphatic heterocycles. The van der Waals surface area contributed by atoms with E-state index < -0.39 is 0 Å². The molecule has 1 heterocycles. The van der Waals surface area contributed by atoms with E-state index >= 15 is 0 Å². The molecule has 2 unspecified atom stereocenters. The zero-order valence-electron chi connectivity index (χ0n) is 11.7. The standard InChI is InChI=1S/C13H28N2O3/c1-17-7-5-14-8-13(16)10-15-6-3-4-12(9-15)11-18-2/h12-14,16H,3-11H2,1-2H3. The normalized spacial score (nSPS) is 23.2. The van der Waals surface area contributed by atoms with E-state index in [1.807, 2.05) is 0 Å². The van der Waals surface area contributed by atoms with E-state index in [1.54, 1.807) is 14.2 Å². The number of ether oxygens (including phenoxy) is 2. The van der Waals surface area contributed by atoms with Crippen LogP contribution in [0.3, 0.4) is 0 Å². The fraction of sp³-hybridized carbons (Fsp3) is 1.00. The number of aliphatic hydroxyl groups is 1. The van der Waals surface area contributed by atoms with Gasteiger partial charge in [0.1, 0.15) is 0 Å². The van der Waals surface area contributed by atoms with E-state index in [9.17, 15) is 5.11 Å². The van der Waals surface area contributed by atoms with Gasteiger partial charge in [0, 0.05) is 40.4 Å². The SMILES string of the molecule is COCCNCC(O)CN1CCCC(COC)C1. The summed E-state index contributed by atoms with van der Waals surface area (Å²) in [5.41, 5.74) is 0. The Kier molecular flexibility index (Phi) is 8.54. The van der Waals surface area contributed by atoms with Gasteiger partial charge in [-0.1, -0.05) is 0 Å². The number of methoxy groups -OCH3 is 2. The van der Waals surface area contributed by atoms with Crippen molar-refractivity contribution in [2.75, 3.05) is 60.2 Å². The summed E-state index contributed by atoms with van der Waals surface area (Å²) in [6, 6.07) is 0. The molecule has 0 aliphatic carbocycles. The van der Waals surface area contributed by atoms with Gasteiger partial charge < -0.3 is 24.8 Å². The quantitative estimate of drug-likeness (QED) is 0.569. The van der Waals surface area contributed by atoms with Crippen LogP contribution in [0.4, 0.5) is 0 Å². The second-order valence-corrected chi connectivity index (χ2v) is 5.07. The summed E-state index contributed by atoms with van der Waals surface area (Å²) in [6.45, 7) is 5.83. The minimum atomic E-state index is -0.303. The van der Waals surface area contributed by atoms with E-state index in [0.717, 1.165) is 32.8 Å². The molecule has 18 heavy (non-hydrogen) atoms. The molecule has 0 spiro atoms. The van der Waals surface area contributed by atoms with Crippen LogP contribution < -0.4 is 5.32 Å². The summed E-state index contributed by atoms with van der Waals surface area (Å²) in [7, 11) is 3.44. The van der Waals surface area contributed by atoms with Gasteiger partial charge in [0.2, 0.25) is 0 Å². The minimum absolute atomic E-state index is 0.303. The molecule has 0 aromatic rings. The van der Waals surface area contributed by atoms with Gasteiger partial charge in [-0.3, -0.25) is 0 Å². The number of piperidine rings is 1. The summed E-state index contributed by atoms with van der Waals surface area (Å²) in [5.74, 6) is 0.623. The van der Waals surface area contributed by atoms with Gasteiger partial charge in [0.05, 0.1) is 19.3 Å². The summed E-state index contributed by atoms with van der Waals surface area (Å²) in [5, 5.41) is 13.1. The molecule has 1 aliphatic rings. The van der Waals surface area contributed by atoms with Crippen LogP contribution in [-0.2, 0) is 9.47 Å². The second-order valence-electron chi connectivity index (χ2n) is 5.07. The molecule has 5 nitrogen and oxygen atoms in total. The van der Waals surface area contributed by atoms with Gasteiger partial charge in [0.15, 0.2) is 0 Å². The smallest absolute Gasteiger partial charge is 0.0791 e. The van der Waals surface area contributed by atoms with Crippen molar-refractivity contribution in [2.45, 2.75) is 18.9 Å². The number of aliphatic hydroxyl groups excluding tert-OH is 1. The molecular formula is C13H28N2O3. The Labute approximate surface area is 110 Å². The first-order valence-electron chi connectivity index (χ1n) is 6.85. The minimum Gasteiger partial charge on any atom is -0.390 e. The first kappa shape index (κ1) is 15.9. The number of rotatable bonds is 9. The fourth-order valence-corrected chi connectivity index (χ4v) is 2.49. The van der Waals surface area contributed by atoms with Gasteiger partial charge in [-0.05, 0) is 25.3 Å². The van der Waals surface area contributed by atoms with Crippen LogP contribution in [0, 0.1) is 5.92 Å². The average molecular weight is 260 g/mol. The largest absolute Gasteiger partial charge is 0.390 e. The molecule has 2 N–H and O–H groups in total. The van der Waals surface area contributed by atoms with Gasteiger partial charge in [-0.15, -0.1) is 0 Å². The van der Waals surface area contributed by atoms with E-state index in [4.69, 9.17) is 9.47 Å². The average Bonchev–Trinajstić information content (AvgIpc) is 2.35. The molecule has 2 atom stereocenters. The molecular weight excluding hydrogens is 232 g/mol. The molecule has 0 aromatic carbocycles. The number of hydrogen-bond donors (Lipinski definition) is 2. The molecule has 1 fully saturated rings. The highest BCUT2D eigenvalue weighted by Gasteiger charge is 2.21. The lowest BCUT2D eigenvalue weighted by Crippen LogP contribution is -2.44. The molecule has 1 saturated heterocycles. The van der Waals surface area contributed by atoms with Crippen LogP contribution in [-0.4, -0.2) is 76.3 Å². The molecule has 0 bridgehead atoms. The molecule has 0 amide bonds. The summed E-state index contributed by atoms with van der Waals surface area (Å²) in [6.07, 6.45) is 2.15. The topological polar surface area (TPSA) is 54.0 Å². The number of nitrogens with zero attached hydrogens (tertiary/aromatic N) is 1. The first-order valence-corrected chi connectivity index (χ1v) is 6.85. The van der Waals surface area contributed by atoms with Gasteiger partial charge >= 0.3 is 0 Å². The Bertz CT molecular complexity index is 203. The van der Waals surface area contributed by atoms with E-state index in [1.165, 1.54) is 12.8 Å². The lowest BCUT2D eigenvalue weighted by Gasteiger charge is -2.33. The predicted octanol–water partition coefficient (Wildman–Crippen LogP) is -0.0583. The fourth-order valence-electron chi connectivity index (χ4n) is 2.49. The van der Waals surface area contributed by atoms with Crippen molar-refractivity contribution in [3.63, 3.8) is 0 Å². The number of likely N-dealkylation sites (tertiary alicyclic amines) is 1. The van der Waals surface area contributed by atoms with Crippen LogP contribution in [0.25, 0.3) is 0 Å². The van der Waals surface area contributed by atoms with E-state index in [2.05, 4.69) is 10.2 Å². The molecule has 108 valence electrons. The van der Waals surface area contributed by atoms with Crippen molar-refractivity contribution >= 4 is 0 Å². The third-order valence-electron chi connectivity index (χ3n) is 3.34. The van der Waals surface area contributed by atoms with Crippen molar-refractivity contribution in [3.05, 3.63) is 0 Å². The summed E-state index contributed by atoms with van der Waals surface area (Å²) < 4.78 is 10.2. The van der Waals surface area contributed by atoms with Crippen molar-refractivity contribution in [1.29, 1.82) is 0 Å². The third kappa shape index (κ3) is 6.66. The first-order chi connectivity index (χ1) is 8.76. The maximum Gasteiger partial charge on any atom is 0.0791 e. The van der Waals surface area contributed by atoms with Crippen LogP contribution >= 0.6 is 0 Å². The van der Waals surface area contributed by atoms with Gasteiger partial charge in [0.25, 0.3) is 0 Å². The maximum absolute atomic E-state index is 9.94. The predicted molar refractivity (Wildman–Crippen MR) is 71.8 cm³/mol. The Balaban J connectivity index is 2.12. The Morgan fingerprint density at radius 1 is 1.39 bits per heavy atom. The van der Waals surface area contributed by atoms with Crippen molar-refractivity contribution in [1.82, 2.24) is 10.2 Å². The summed E-state index contributed by atoms with van der Waals surface area (Å²) in [4.78, 5) is 2.34. The van der Waals surface area contributed by atoms with E-state index in [0.29, 0.717) is 19.1 Å². The number of nitrogens with one attached hydrogen (secondary N) is 1. The van der Waals surface area contributed by atoms with Crippen LogP contribution in [0.2, 0.25) is 0 Å². The van der Waals surface area contributed by atoms with Crippen LogP contribution in [0.5, 0.6) is 0 Å². The molecule has 0 aromatic heterocycles. The molecule has 5 heteroatoms. The monoisotopic (exact) mass is 260 g/mol. The zero-order chi connectivity index (χ0) is 13.2. The molecule has 0 saturated carbocycles. The highest BCUT2D eigenvalue weighted by Crippen LogP contribution is 2.16. The number of hydrogen-bond acceptors (Lipinski definition) is 5. The van der Waals surface area contributed by atoms with Crippen molar-refractivity contribution in [3.8, 4) is 0 Å². The Morgan fingerprint density at radius 3 is 2.94 bits per heavy atom. The van der Waals surface area contributed by atoms with Gasteiger partial charge in [-0.2, -0.15) is 0 Å². The zero-order valence-corrected chi connectivity index (χ0v) is 11.7. The van der Waals surface area contributed by atoms with E-state index in [-0.39, 0.29) is 6.10 Å². The maximum atomic E-state index is 9.94. The lowest BCUT2D eigenvalue weighted by molar-refractivity contribution is 0.0559. The number of β-amino-alcohol motifs (C(OH)–C–C–N with tert-alkyl or cyclic N) is 1. The van der Waals surface area contributed by atoms with Crippen molar-refractivity contribution < 1.29 is 14.6 Å². The lowest BCUT2D eigenvalue weighted by atomic mass is 9.99. The highest BCUT2D eigenvalue weighted by molar-refractivity contribution is 4.75. The van der Waals surface area contributed by atoms with Crippen LogP contribution in [0.15, 0.2) is 0 Å². The second kappa shape index (κ2) is 9.69. The molecule has 0 radical (unpaired) electrons. The Hall–Kier alpha value is -0.200. The highest BCUT2D eigenvalue weighted by atomic mass is 16.5. The third-order valence-corrected chi connectivity index (χ3v) is 3.34. The van der Waals surface area contributed by atoms with Gasteiger partial charge in [-0.25, -0.2) is 0 Å². The van der Waals surface area contributed by atoms with Crippen molar-refractivity contribution in [2.24, 2.45) is 5.92 Å². The van der Waals surface area contributed by atoms with Crippen LogP contribution in [0.1, 0.15) is 12.8 Å². The Morgan fingerprint density at radius 2 is 2.22 bits per heavy atom. The molecule has 1 rings (SSSR count).